The summed E-state index contributed by atoms with van der Waals surface area (Å²) in [7, 11) is 0. The molecule has 0 aromatic heterocycles. The maximum absolute atomic E-state index is 12.7. The zero-order chi connectivity index (χ0) is 25.4. The Kier molecular flexibility index (Phi) is 8.68. The highest BCUT2D eigenvalue weighted by molar-refractivity contribution is 6.34. The fraction of sp³-hybridized carbons (Fsp3) is 0.120. The predicted octanol–water partition coefficient (Wildman–Crippen LogP) is 6.42. The summed E-state index contributed by atoms with van der Waals surface area (Å²) >= 11 is 12.2. The van der Waals surface area contributed by atoms with Crippen LogP contribution in [0.1, 0.15) is 18.1 Å². The molecule has 0 fully saturated rings. The number of ether oxygens (including phenoxy) is 2. The highest BCUT2D eigenvalue weighted by Gasteiger charge is 2.16. The summed E-state index contributed by atoms with van der Waals surface area (Å²) < 4.78 is 11.5. The molecule has 0 saturated heterocycles. The smallest absolute Gasteiger partial charge is 0.271 e. The molecule has 0 aliphatic carbocycles. The molecule has 0 radical (unpaired) electrons. The maximum Gasteiger partial charge on any atom is 0.271 e. The number of nitro groups is 1. The van der Waals surface area contributed by atoms with Crippen molar-refractivity contribution in [1.82, 2.24) is 0 Å². The Hall–Kier alpha value is -4.06. The second-order valence-corrected chi connectivity index (χ2v) is 7.88. The van der Waals surface area contributed by atoms with Crippen LogP contribution in [-0.2, 0) is 11.4 Å². The van der Waals surface area contributed by atoms with Gasteiger partial charge in [0, 0.05) is 22.7 Å². The number of nitro benzene ring substituents is 1. The Labute approximate surface area is 211 Å². The minimum Gasteiger partial charge on any atom is -0.490 e. The van der Waals surface area contributed by atoms with Crippen LogP contribution in [0.3, 0.4) is 0 Å². The van der Waals surface area contributed by atoms with Gasteiger partial charge in [-0.2, -0.15) is 5.26 Å². The van der Waals surface area contributed by atoms with Gasteiger partial charge in [0.1, 0.15) is 18.2 Å². The van der Waals surface area contributed by atoms with Crippen molar-refractivity contribution < 1.29 is 19.2 Å². The average molecular weight is 512 g/mol. The summed E-state index contributed by atoms with van der Waals surface area (Å²) in [6.07, 6.45) is 1.36. The van der Waals surface area contributed by atoms with Gasteiger partial charge in [0.2, 0.25) is 0 Å². The van der Waals surface area contributed by atoms with Crippen LogP contribution in [0.2, 0.25) is 10.0 Å². The van der Waals surface area contributed by atoms with Crippen molar-refractivity contribution in [1.29, 1.82) is 5.26 Å². The zero-order valence-electron chi connectivity index (χ0n) is 18.5. The fourth-order valence-corrected chi connectivity index (χ4v) is 3.36. The van der Waals surface area contributed by atoms with E-state index >= 15 is 0 Å². The summed E-state index contributed by atoms with van der Waals surface area (Å²) in [6.45, 7) is 2.41. The van der Waals surface area contributed by atoms with Crippen LogP contribution in [-0.4, -0.2) is 17.4 Å². The molecule has 0 aliphatic rings. The summed E-state index contributed by atoms with van der Waals surface area (Å²) in [5.41, 5.74) is 0.852. The maximum atomic E-state index is 12.7. The number of anilines is 1. The summed E-state index contributed by atoms with van der Waals surface area (Å²) in [4.78, 5) is 23.0. The number of nitrogens with zero attached hydrogens (tertiary/aromatic N) is 2. The first-order chi connectivity index (χ1) is 16.8. The normalized spacial score (nSPS) is 10.9. The van der Waals surface area contributed by atoms with Gasteiger partial charge in [-0.15, -0.1) is 0 Å². The van der Waals surface area contributed by atoms with Crippen LogP contribution < -0.4 is 14.8 Å². The molecule has 1 N–H and O–H groups in total. The van der Waals surface area contributed by atoms with Crippen LogP contribution in [0, 0.1) is 21.4 Å². The number of hydrogen-bond donors (Lipinski definition) is 1. The van der Waals surface area contributed by atoms with Gasteiger partial charge in [0.25, 0.3) is 11.6 Å². The first-order valence-electron chi connectivity index (χ1n) is 10.3. The monoisotopic (exact) mass is 511 g/mol. The van der Waals surface area contributed by atoms with Gasteiger partial charge in [0.05, 0.1) is 22.2 Å². The van der Waals surface area contributed by atoms with E-state index in [-0.39, 0.29) is 28.6 Å². The van der Waals surface area contributed by atoms with Crippen molar-refractivity contribution in [2.75, 3.05) is 11.9 Å². The number of halogens is 2. The molecule has 0 unspecified atom stereocenters. The molecule has 0 spiro atoms. The van der Waals surface area contributed by atoms with Gasteiger partial charge >= 0.3 is 0 Å². The molecule has 10 heteroatoms. The molecular formula is C25H19Cl2N3O5. The van der Waals surface area contributed by atoms with Crippen LogP contribution in [0.5, 0.6) is 11.5 Å². The number of non-ortho nitro benzene ring substituents is 1. The molecular weight excluding hydrogens is 493 g/mol. The van der Waals surface area contributed by atoms with Gasteiger partial charge in [-0.05, 0) is 42.8 Å². The lowest BCUT2D eigenvalue weighted by Gasteiger charge is -2.13. The molecule has 0 saturated carbocycles. The second-order valence-electron chi connectivity index (χ2n) is 7.06. The van der Waals surface area contributed by atoms with E-state index in [9.17, 15) is 20.2 Å². The van der Waals surface area contributed by atoms with Gasteiger partial charge in [-0.3, -0.25) is 14.9 Å². The van der Waals surface area contributed by atoms with E-state index in [1.165, 1.54) is 18.2 Å². The Morgan fingerprint density at radius 1 is 1.09 bits per heavy atom. The predicted molar refractivity (Wildman–Crippen MR) is 134 cm³/mol. The van der Waals surface area contributed by atoms with Crippen molar-refractivity contribution in [2.24, 2.45) is 0 Å². The van der Waals surface area contributed by atoms with Gasteiger partial charge in [-0.25, -0.2) is 0 Å². The highest BCUT2D eigenvalue weighted by Crippen LogP contribution is 2.31. The van der Waals surface area contributed by atoms with Crippen molar-refractivity contribution >= 4 is 46.6 Å². The van der Waals surface area contributed by atoms with E-state index < -0.39 is 10.8 Å². The van der Waals surface area contributed by atoms with Crippen molar-refractivity contribution in [2.45, 2.75) is 13.5 Å². The van der Waals surface area contributed by atoms with Crippen LogP contribution >= 0.6 is 23.2 Å². The molecule has 0 bridgehead atoms. The van der Waals surface area contributed by atoms with E-state index in [4.69, 9.17) is 32.7 Å². The van der Waals surface area contributed by atoms with Gasteiger partial charge < -0.3 is 14.8 Å². The minimum absolute atomic E-state index is 0.0188. The average Bonchev–Trinajstić information content (AvgIpc) is 2.84. The third kappa shape index (κ3) is 6.73. The van der Waals surface area contributed by atoms with E-state index in [0.717, 1.165) is 11.6 Å². The third-order valence-corrected chi connectivity index (χ3v) is 5.39. The zero-order valence-corrected chi connectivity index (χ0v) is 20.0. The topological polar surface area (TPSA) is 114 Å². The molecule has 0 heterocycles. The molecule has 3 rings (SSSR count). The molecule has 178 valence electrons. The van der Waals surface area contributed by atoms with E-state index in [1.54, 1.807) is 24.3 Å². The summed E-state index contributed by atoms with van der Waals surface area (Å²) in [5.74, 6) is 0.120. The van der Waals surface area contributed by atoms with Crippen molar-refractivity contribution in [3.63, 3.8) is 0 Å². The summed E-state index contributed by atoms with van der Waals surface area (Å²) in [5, 5.41) is 23.6. The fourth-order valence-electron chi connectivity index (χ4n) is 3.00. The van der Waals surface area contributed by atoms with E-state index in [2.05, 4.69) is 5.32 Å². The van der Waals surface area contributed by atoms with Gasteiger partial charge in [-0.1, -0.05) is 47.5 Å². The molecule has 1 amide bonds. The number of carbonyl (C=O) groups excluding carboxylic acids is 1. The number of hydrogen-bond acceptors (Lipinski definition) is 6. The van der Waals surface area contributed by atoms with Crippen LogP contribution in [0.25, 0.3) is 6.08 Å². The van der Waals surface area contributed by atoms with Crippen molar-refractivity contribution in [3.8, 4) is 17.6 Å². The molecule has 3 aromatic rings. The molecule has 0 aliphatic heterocycles. The largest absolute Gasteiger partial charge is 0.490 e. The van der Waals surface area contributed by atoms with Crippen molar-refractivity contribution in [3.05, 3.63) is 97.5 Å². The SMILES string of the molecule is CCOc1cc(/C=C(\C#N)C(=O)Nc2cc([N+](=O)[O-])ccc2Cl)ccc1OCc1ccccc1Cl. The Balaban J connectivity index is 1.82. The molecule has 0 atom stereocenters. The molecule has 3 aromatic carbocycles. The van der Waals surface area contributed by atoms with E-state index in [0.29, 0.717) is 28.7 Å². The number of carbonyl (C=O) groups is 1. The highest BCUT2D eigenvalue weighted by atomic mass is 35.5. The summed E-state index contributed by atoms with van der Waals surface area (Å²) in [6, 6.07) is 17.7. The van der Waals surface area contributed by atoms with Gasteiger partial charge in [0.15, 0.2) is 11.5 Å². The third-order valence-electron chi connectivity index (χ3n) is 4.69. The molecule has 35 heavy (non-hydrogen) atoms. The lowest BCUT2D eigenvalue weighted by molar-refractivity contribution is -0.384. The van der Waals surface area contributed by atoms with Crippen LogP contribution in [0.4, 0.5) is 11.4 Å². The lowest BCUT2D eigenvalue weighted by atomic mass is 10.1. The quantitative estimate of drug-likeness (QED) is 0.153. The first kappa shape index (κ1) is 25.6. The molecule has 8 nitrogen and oxygen atoms in total. The Bertz CT molecular complexity index is 1330. The Morgan fingerprint density at radius 3 is 2.54 bits per heavy atom. The lowest BCUT2D eigenvalue weighted by Crippen LogP contribution is -2.14. The standard InChI is InChI=1S/C25H19Cl2N3O5/c1-2-34-24-12-16(7-10-23(24)35-15-17-5-3-4-6-20(17)26)11-18(14-28)25(31)29-22-13-19(30(32)33)8-9-21(22)27/h3-13H,2,15H2,1H3,(H,29,31)/b18-11+. The first-order valence-corrected chi connectivity index (χ1v) is 11.1. The minimum atomic E-state index is -0.771. The second kappa shape index (κ2) is 11.9. The number of rotatable bonds is 9. The van der Waals surface area contributed by atoms with Crippen LogP contribution in [0.15, 0.2) is 66.2 Å². The number of nitrogens with one attached hydrogen (secondary N) is 1. The number of nitriles is 1. The van der Waals surface area contributed by atoms with E-state index in [1.807, 2.05) is 31.2 Å². The number of amides is 1. The number of benzene rings is 3. The Morgan fingerprint density at radius 2 is 1.86 bits per heavy atom.